The molecule has 3 heteroatoms. The molecule has 3 unspecified atom stereocenters. The van der Waals surface area contributed by atoms with E-state index < -0.39 is 5.60 Å². The fraction of sp³-hybridized carbons (Fsp3) is 1.00. The monoisotopic (exact) mass is 242 g/mol. The highest BCUT2D eigenvalue weighted by atomic mass is 16.3. The second kappa shape index (κ2) is 6.17. The molecule has 1 saturated heterocycles. The van der Waals surface area contributed by atoms with Crippen molar-refractivity contribution in [2.45, 2.75) is 64.6 Å². The minimum absolute atomic E-state index is 0.301. The van der Waals surface area contributed by atoms with E-state index >= 15 is 0 Å². The molecule has 1 aliphatic heterocycles. The van der Waals surface area contributed by atoms with Gasteiger partial charge in [0.2, 0.25) is 0 Å². The number of rotatable bonds is 5. The van der Waals surface area contributed by atoms with Gasteiger partial charge in [-0.15, -0.1) is 0 Å². The lowest BCUT2D eigenvalue weighted by Gasteiger charge is -2.43. The molecule has 1 fully saturated rings. The number of likely N-dealkylation sites (tertiary alicyclic amines) is 1. The van der Waals surface area contributed by atoms with Crippen LogP contribution in [0.3, 0.4) is 0 Å². The highest BCUT2D eigenvalue weighted by Gasteiger charge is 2.33. The second-order valence-corrected chi connectivity index (χ2v) is 6.12. The van der Waals surface area contributed by atoms with Crippen molar-refractivity contribution in [3.63, 3.8) is 0 Å². The number of piperidine rings is 1. The third-order valence-electron chi connectivity index (χ3n) is 4.46. The first-order valence-corrected chi connectivity index (χ1v) is 7.02. The quantitative estimate of drug-likeness (QED) is 0.772. The zero-order valence-electron chi connectivity index (χ0n) is 12.2. The van der Waals surface area contributed by atoms with E-state index in [1.807, 2.05) is 14.0 Å². The van der Waals surface area contributed by atoms with Crippen molar-refractivity contribution in [3.8, 4) is 0 Å². The molecular weight excluding hydrogens is 212 g/mol. The van der Waals surface area contributed by atoms with Gasteiger partial charge in [0.25, 0.3) is 0 Å². The van der Waals surface area contributed by atoms with Crippen LogP contribution in [0.1, 0.15) is 47.0 Å². The summed E-state index contributed by atoms with van der Waals surface area (Å²) in [7, 11) is 2.03. The van der Waals surface area contributed by atoms with Crippen molar-refractivity contribution >= 4 is 0 Å². The Hall–Kier alpha value is -0.120. The molecule has 0 amide bonds. The van der Waals surface area contributed by atoms with E-state index in [-0.39, 0.29) is 0 Å². The maximum absolute atomic E-state index is 10.5. The van der Waals surface area contributed by atoms with Crippen molar-refractivity contribution in [2.75, 3.05) is 20.1 Å². The van der Waals surface area contributed by atoms with Crippen LogP contribution in [0.15, 0.2) is 0 Å². The van der Waals surface area contributed by atoms with E-state index in [1.165, 1.54) is 19.3 Å². The van der Waals surface area contributed by atoms with E-state index in [2.05, 4.69) is 31.0 Å². The van der Waals surface area contributed by atoms with Crippen molar-refractivity contribution in [1.29, 1.82) is 0 Å². The van der Waals surface area contributed by atoms with Gasteiger partial charge in [0.05, 0.1) is 5.60 Å². The topological polar surface area (TPSA) is 35.5 Å². The van der Waals surface area contributed by atoms with Crippen LogP contribution in [0.25, 0.3) is 0 Å². The Labute approximate surface area is 107 Å². The molecule has 1 rings (SSSR count). The van der Waals surface area contributed by atoms with Crippen molar-refractivity contribution in [3.05, 3.63) is 0 Å². The van der Waals surface area contributed by atoms with Gasteiger partial charge in [0.15, 0.2) is 0 Å². The van der Waals surface area contributed by atoms with Crippen LogP contribution in [-0.4, -0.2) is 47.8 Å². The summed E-state index contributed by atoms with van der Waals surface area (Å²) in [5.74, 6) is 0.301. The van der Waals surface area contributed by atoms with Gasteiger partial charge in [-0.1, -0.05) is 20.3 Å². The Balaban J connectivity index is 2.65. The number of likely N-dealkylation sites (N-methyl/N-ethyl adjacent to an activating group) is 1. The number of hydrogen-bond acceptors (Lipinski definition) is 3. The fourth-order valence-corrected chi connectivity index (χ4v) is 2.57. The van der Waals surface area contributed by atoms with Crippen LogP contribution in [0.5, 0.6) is 0 Å². The lowest BCUT2D eigenvalue weighted by molar-refractivity contribution is -0.0395. The Morgan fingerprint density at radius 2 is 2.00 bits per heavy atom. The highest BCUT2D eigenvalue weighted by Crippen LogP contribution is 2.25. The summed E-state index contributed by atoms with van der Waals surface area (Å²) in [5.41, 5.74) is -0.580. The van der Waals surface area contributed by atoms with E-state index in [4.69, 9.17) is 0 Å². The molecule has 102 valence electrons. The summed E-state index contributed by atoms with van der Waals surface area (Å²) in [6.07, 6.45) is 3.83. The molecule has 0 aliphatic carbocycles. The summed E-state index contributed by atoms with van der Waals surface area (Å²) in [6.45, 7) is 10.3. The average molecular weight is 242 g/mol. The Bertz CT molecular complexity index is 228. The third-order valence-corrected chi connectivity index (χ3v) is 4.46. The number of nitrogens with zero attached hydrogens (tertiary/aromatic N) is 1. The van der Waals surface area contributed by atoms with Crippen LogP contribution in [0, 0.1) is 5.92 Å². The molecule has 0 bridgehead atoms. The largest absolute Gasteiger partial charge is 0.389 e. The SMILES string of the molecule is CNC(C)C1CCCCN1CC(C)(O)C(C)C. The predicted molar refractivity (Wildman–Crippen MR) is 73.2 cm³/mol. The van der Waals surface area contributed by atoms with Gasteiger partial charge in [-0.3, -0.25) is 4.90 Å². The standard InChI is InChI=1S/C14H30N2O/c1-11(2)14(4,17)10-16-9-7-6-8-13(16)12(3)15-5/h11-13,15,17H,6-10H2,1-5H3. The number of aliphatic hydroxyl groups is 1. The summed E-state index contributed by atoms with van der Waals surface area (Å²) in [5, 5.41) is 13.8. The zero-order chi connectivity index (χ0) is 13.1. The minimum Gasteiger partial charge on any atom is -0.389 e. The van der Waals surface area contributed by atoms with Gasteiger partial charge in [0, 0.05) is 18.6 Å². The normalized spacial score (nSPS) is 28.1. The van der Waals surface area contributed by atoms with Gasteiger partial charge in [-0.25, -0.2) is 0 Å². The molecular formula is C14H30N2O. The molecule has 1 heterocycles. The van der Waals surface area contributed by atoms with Gasteiger partial charge in [0.1, 0.15) is 0 Å². The molecule has 2 N–H and O–H groups in total. The maximum Gasteiger partial charge on any atom is 0.0768 e. The van der Waals surface area contributed by atoms with Crippen LogP contribution in [0.2, 0.25) is 0 Å². The van der Waals surface area contributed by atoms with Crippen LogP contribution in [0.4, 0.5) is 0 Å². The average Bonchev–Trinajstić information content (AvgIpc) is 2.28. The molecule has 0 aromatic heterocycles. The van der Waals surface area contributed by atoms with Gasteiger partial charge in [-0.2, -0.15) is 0 Å². The number of hydrogen-bond donors (Lipinski definition) is 2. The number of β-amino-alcohol motifs (C(OH)–C–C–N with tert-alkyl or cyclic N) is 1. The molecule has 1 aliphatic rings. The van der Waals surface area contributed by atoms with Crippen molar-refractivity contribution in [2.24, 2.45) is 5.92 Å². The van der Waals surface area contributed by atoms with Crippen LogP contribution < -0.4 is 5.32 Å². The molecule has 0 spiro atoms. The summed E-state index contributed by atoms with van der Waals surface area (Å²) < 4.78 is 0. The summed E-state index contributed by atoms with van der Waals surface area (Å²) in [4.78, 5) is 2.48. The highest BCUT2D eigenvalue weighted by molar-refractivity contribution is 4.89. The molecule has 0 radical (unpaired) electrons. The third kappa shape index (κ3) is 3.94. The Morgan fingerprint density at radius 1 is 1.35 bits per heavy atom. The molecule has 0 aromatic rings. The molecule has 0 saturated carbocycles. The smallest absolute Gasteiger partial charge is 0.0768 e. The summed E-state index contributed by atoms with van der Waals surface area (Å²) in [6, 6.07) is 1.07. The van der Waals surface area contributed by atoms with Gasteiger partial charge < -0.3 is 10.4 Å². The number of nitrogens with one attached hydrogen (secondary N) is 1. The van der Waals surface area contributed by atoms with Crippen molar-refractivity contribution in [1.82, 2.24) is 10.2 Å². The maximum atomic E-state index is 10.5. The minimum atomic E-state index is -0.580. The van der Waals surface area contributed by atoms with Gasteiger partial charge in [-0.05, 0) is 46.2 Å². The molecule has 3 nitrogen and oxygen atoms in total. The van der Waals surface area contributed by atoms with Crippen molar-refractivity contribution < 1.29 is 5.11 Å². The Morgan fingerprint density at radius 3 is 2.53 bits per heavy atom. The lowest BCUT2D eigenvalue weighted by atomic mass is 9.89. The zero-order valence-corrected chi connectivity index (χ0v) is 12.2. The van der Waals surface area contributed by atoms with E-state index in [1.54, 1.807) is 0 Å². The van der Waals surface area contributed by atoms with E-state index in [9.17, 15) is 5.11 Å². The first-order valence-electron chi connectivity index (χ1n) is 7.02. The van der Waals surface area contributed by atoms with Crippen LogP contribution >= 0.6 is 0 Å². The molecule has 3 atom stereocenters. The predicted octanol–water partition coefficient (Wildman–Crippen LogP) is 1.86. The Kier molecular flexibility index (Phi) is 5.42. The van der Waals surface area contributed by atoms with E-state index in [0.717, 1.165) is 13.1 Å². The van der Waals surface area contributed by atoms with Gasteiger partial charge >= 0.3 is 0 Å². The first-order chi connectivity index (χ1) is 7.88. The first kappa shape index (κ1) is 14.9. The van der Waals surface area contributed by atoms with Crippen LogP contribution in [-0.2, 0) is 0 Å². The second-order valence-electron chi connectivity index (χ2n) is 6.12. The van der Waals surface area contributed by atoms with E-state index in [0.29, 0.717) is 18.0 Å². The fourth-order valence-electron chi connectivity index (χ4n) is 2.57. The lowest BCUT2D eigenvalue weighted by Crippen LogP contribution is -2.55. The summed E-state index contributed by atoms with van der Waals surface area (Å²) >= 11 is 0. The molecule has 17 heavy (non-hydrogen) atoms. The molecule has 0 aromatic carbocycles.